The van der Waals surface area contributed by atoms with E-state index in [-0.39, 0.29) is 18.0 Å². The van der Waals surface area contributed by atoms with Crippen LogP contribution in [-0.2, 0) is 6.54 Å². The second kappa shape index (κ2) is 6.71. The van der Waals surface area contributed by atoms with Crippen molar-refractivity contribution in [3.63, 3.8) is 0 Å². The van der Waals surface area contributed by atoms with Gasteiger partial charge in [0.1, 0.15) is 0 Å². The number of nitrogens with one attached hydrogen (secondary N) is 1. The molecule has 0 bridgehead atoms. The number of halogens is 1. The normalized spacial score (nSPS) is 17.3. The van der Waals surface area contributed by atoms with Crippen molar-refractivity contribution >= 4 is 5.82 Å². The molecule has 2 heterocycles. The monoisotopic (exact) mass is 295 g/mol. The topological polar surface area (TPSA) is 48.4 Å². The summed E-state index contributed by atoms with van der Waals surface area (Å²) in [4.78, 5) is 6.21. The first-order chi connectivity index (χ1) is 9.90. The van der Waals surface area contributed by atoms with Gasteiger partial charge in [-0.25, -0.2) is 9.37 Å². The molecule has 1 fully saturated rings. The number of rotatable bonds is 4. The van der Waals surface area contributed by atoms with Crippen molar-refractivity contribution in [1.82, 2.24) is 10.3 Å². The lowest BCUT2D eigenvalue weighted by Gasteiger charge is -2.32. The highest BCUT2D eigenvalue weighted by atomic mass is 19.1. The molecule has 0 amide bonds. The number of pyridine rings is 1. The van der Waals surface area contributed by atoms with E-state index in [0.717, 1.165) is 25.9 Å². The Bertz CT molecular complexity index is 465. The second-order valence-corrected chi connectivity index (χ2v) is 6.82. The van der Waals surface area contributed by atoms with Gasteiger partial charge in [0, 0.05) is 43.5 Å². The Kier molecular flexibility index (Phi) is 5.17. The zero-order valence-corrected chi connectivity index (χ0v) is 13.2. The molecule has 0 saturated carbocycles. The molecule has 1 aliphatic heterocycles. The van der Waals surface area contributed by atoms with Crippen LogP contribution in [0.25, 0.3) is 0 Å². The summed E-state index contributed by atoms with van der Waals surface area (Å²) in [7, 11) is 0. The summed E-state index contributed by atoms with van der Waals surface area (Å²) < 4.78 is 14.6. The average Bonchev–Trinajstić information content (AvgIpc) is 2.45. The van der Waals surface area contributed by atoms with Crippen LogP contribution < -0.4 is 10.2 Å². The maximum absolute atomic E-state index is 14.6. The summed E-state index contributed by atoms with van der Waals surface area (Å²) in [6.45, 7) is 8.42. The lowest BCUT2D eigenvalue weighted by atomic mass is 9.98. The fraction of sp³-hybridized carbons (Fsp3) is 0.688. The fourth-order valence-electron chi connectivity index (χ4n) is 2.52. The van der Waals surface area contributed by atoms with Gasteiger partial charge in [0.15, 0.2) is 11.6 Å². The van der Waals surface area contributed by atoms with E-state index in [4.69, 9.17) is 0 Å². The number of hydrogen-bond donors (Lipinski definition) is 2. The van der Waals surface area contributed by atoms with Gasteiger partial charge in [-0.15, -0.1) is 0 Å². The third-order valence-electron chi connectivity index (χ3n) is 3.93. The molecule has 0 spiro atoms. The number of hydrogen-bond acceptors (Lipinski definition) is 4. The van der Waals surface area contributed by atoms with E-state index in [2.05, 4.69) is 31.1 Å². The van der Waals surface area contributed by atoms with Crippen LogP contribution in [0.2, 0.25) is 0 Å². The van der Waals surface area contributed by atoms with Gasteiger partial charge in [-0.1, -0.05) is 0 Å². The summed E-state index contributed by atoms with van der Waals surface area (Å²) in [5.74, 6) is 0.561. The van der Waals surface area contributed by atoms with Crippen molar-refractivity contribution in [1.29, 1.82) is 0 Å². The first-order valence-electron chi connectivity index (χ1n) is 7.65. The summed E-state index contributed by atoms with van der Waals surface area (Å²) >= 11 is 0. The van der Waals surface area contributed by atoms with Gasteiger partial charge in [-0.2, -0.15) is 0 Å². The highest BCUT2D eigenvalue weighted by molar-refractivity contribution is 5.43. The van der Waals surface area contributed by atoms with Gasteiger partial charge in [-0.3, -0.25) is 0 Å². The number of aromatic nitrogens is 1. The minimum absolute atomic E-state index is 0.0463. The third-order valence-corrected chi connectivity index (χ3v) is 3.93. The largest absolute Gasteiger partial charge is 0.396 e. The lowest BCUT2D eigenvalue weighted by molar-refractivity contribution is 0.202. The van der Waals surface area contributed by atoms with E-state index in [0.29, 0.717) is 23.8 Å². The van der Waals surface area contributed by atoms with Gasteiger partial charge in [0.05, 0.1) is 0 Å². The smallest absolute Gasteiger partial charge is 0.170 e. The van der Waals surface area contributed by atoms with E-state index >= 15 is 0 Å². The van der Waals surface area contributed by atoms with Crippen molar-refractivity contribution < 1.29 is 9.50 Å². The van der Waals surface area contributed by atoms with E-state index < -0.39 is 0 Å². The maximum atomic E-state index is 14.6. The number of nitrogens with zero attached hydrogens (tertiary/aromatic N) is 2. The van der Waals surface area contributed by atoms with Crippen molar-refractivity contribution in [2.45, 2.75) is 45.7 Å². The van der Waals surface area contributed by atoms with Crippen LogP contribution in [0, 0.1) is 11.7 Å². The third kappa shape index (κ3) is 4.38. The highest BCUT2D eigenvalue weighted by Crippen LogP contribution is 2.25. The molecule has 0 aliphatic carbocycles. The fourth-order valence-corrected chi connectivity index (χ4v) is 2.52. The SMILES string of the molecule is CC(C)(C)NCc1ccnc(N2CCC(CO)CC2)c1F. The van der Waals surface area contributed by atoms with Crippen molar-refractivity contribution in [3.8, 4) is 0 Å². The van der Waals surface area contributed by atoms with Gasteiger partial charge < -0.3 is 15.3 Å². The summed E-state index contributed by atoms with van der Waals surface area (Å²) in [5.41, 5.74) is 0.606. The van der Waals surface area contributed by atoms with E-state index in [1.165, 1.54) is 0 Å². The van der Waals surface area contributed by atoms with Crippen LogP contribution in [0.4, 0.5) is 10.2 Å². The molecule has 0 unspecified atom stereocenters. The Balaban J connectivity index is 2.07. The van der Waals surface area contributed by atoms with Gasteiger partial charge in [-0.05, 0) is 45.6 Å². The Labute approximate surface area is 126 Å². The minimum Gasteiger partial charge on any atom is -0.396 e. The van der Waals surface area contributed by atoms with Crippen LogP contribution in [0.15, 0.2) is 12.3 Å². The molecule has 1 aliphatic rings. The second-order valence-electron chi connectivity index (χ2n) is 6.82. The van der Waals surface area contributed by atoms with E-state index in [9.17, 15) is 9.50 Å². The van der Waals surface area contributed by atoms with Gasteiger partial charge in [0.2, 0.25) is 0 Å². The van der Waals surface area contributed by atoms with Crippen LogP contribution in [0.1, 0.15) is 39.2 Å². The predicted molar refractivity (Wildman–Crippen MR) is 82.8 cm³/mol. The molecular formula is C16H26FN3O. The van der Waals surface area contributed by atoms with Crippen LogP contribution in [0.5, 0.6) is 0 Å². The Morgan fingerprint density at radius 3 is 2.62 bits per heavy atom. The molecule has 0 aromatic carbocycles. The quantitative estimate of drug-likeness (QED) is 0.895. The number of piperidine rings is 1. The summed E-state index contributed by atoms with van der Waals surface area (Å²) in [6, 6.07) is 1.73. The van der Waals surface area contributed by atoms with E-state index in [1.54, 1.807) is 12.3 Å². The molecule has 1 aromatic rings. The maximum Gasteiger partial charge on any atom is 0.170 e. The molecule has 5 heteroatoms. The minimum atomic E-state index is -0.225. The molecule has 2 N–H and O–H groups in total. The lowest BCUT2D eigenvalue weighted by Crippen LogP contribution is -2.37. The molecule has 2 rings (SSSR count). The average molecular weight is 295 g/mol. The number of aliphatic hydroxyl groups excluding tert-OH is 1. The highest BCUT2D eigenvalue weighted by Gasteiger charge is 2.23. The predicted octanol–water partition coefficient (Wildman–Crippen LogP) is 2.32. The Morgan fingerprint density at radius 2 is 2.05 bits per heavy atom. The zero-order chi connectivity index (χ0) is 15.5. The first-order valence-corrected chi connectivity index (χ1v) is 7.65. The molecule has 1 aromatic heterocycles. The van der Waals surface area contributed by atoms with Crippen molar-refractivity contribution in [2.24, 2.45) is 5.92 Å². The Hall–Kier alpha value is -1.20. The summed E-state index contributed by atoms with van der Waals surface area (Å²) in [6.07, 6.45) is 3.46. The number of aliphatic hydroxyl groups is 1. The van der Waals surface area contributed by atoms with Crippen LogP contribution in [-0.4, -0.2) is 35.3 Å². The van der Waals surface area contributed by atoms with Crippen LogP contribution >= 0.6 is 0 Å². The van der Waals surface area contributed by atoms with Crippen molar-refractivity contribution in [3.05, 3.63) is 23.6 Å². The summed E-state index contributed by atoms with van der Waals surface area (Å²) in [5, 5.41) is 12.5. The molecule has 0 atom stereocenters. The molecule has 1 saturated heterocycles. The standard InChI is InChI=1S/C16H26FN3O/c1-16(2,3)19-10-13-4-7-18-15(14(13)17)20-8-5-12(11-21)6-9-20/h4,7,12,19,21H,5-6,8-11H2,1-3H3. The molecule has 4 nitrogen and oxygen atoms in total. The van der Waals surface area contributed by atoms with E-state index in [1.807, 2.05) is 4.90 Å². The Morgan fingerprint density at radius 1 is 1.38 bits per heavy atom. The molecule has 118 valence electrons. The first kappa shape index (κ1) is 16.2. The molecule has 21 heavy (non-hydrogen) atoms. The van der Waals surface area contributed by atoms with Gasteiger partial charge in [0.25, 0.3) is 0 Å². The number of anilines is 1. The van der Waals surface area contributed by atoms with Crippen LogP contribution in [0.3, 0.4) is 0 Å². The molecule has 0 radical (unpaired) electrons. The van der Waals surface area contributed by atoms with Crippen molar-refractivity contribution in [2.75, 3.05) is 24.6 Å². The zero-order valence-electron chi connectivity index (χ0n) is 13.2. The molecular weight excluding hydrogens is 269 g/mol. The van der Waals surface area contributed by atoms with Gasteiger partial charge >= 0.3 is 0 Å².